The van der Waals surface area contributed by atoms with Crippen molar-refractivity contribution < 1.29 is 14.3 Å². The van der Waals surface area contributed by atoms with Crippen LogP contribution in [-0.2, 0) is 9.53 Å². The van der Waals surface area contributed by atoms with Crippen LogP contribution in [0.15, 0.2) is 18.5 Å². The van der Waals surface area contributed by atoms with Gasteiger partial charge in [-0.1, -0.05) is 11.8 Å². The van der Waals surface area contributed by atoms with Gasteiger partial charge in [-0.15, -0.1) is 0 Å². The first-order chi connectivity index (χ1) is 9.58. The zero-order valence-corrected chi connectivity index (χ0v) is 11.5. The SMILES string of the molecule is COC(=O)CCN(C)C(=O)c1cncc(C#CCN)c1. The number of aromatic nitrogens is 1. The predicted octanol–water partition coefficient (Wildman–Crippen LogP) is 0.0269. The third-order valence-electron chi connectivity index (χ3n) is 2.55. The highest BCUT2D eigenvalue weighted by Crippen LogP contribution is 2.05. The molecule has 0 atom stereocenters. The molecule has 6 heteroatoms. The molecule has 0 spiro atoms. The predicted molar refractivity (Wildman–Crippen MR) is 73.8 cm³/mol. The maximum Gasteiger partial charge on any atom is 0.307 e. The summed E-state index contributed by atoms with van der Waals surface area (Å²) >= 11 is 0. The van der Waals surface area contributed by atoms with Crippen LogP contribution in [-0.4, -0.2) is 49.0 Å². The molecule has 0 aliphatic heterocycles. The maximum absolute atomic E-state index is 12.1. The fraction of sp³-hybridized carbons (Fsp3) is 0.357. The van der Waals surface area contributed by atoms with Gasteiger partial charge >= 0.3 is 5.97 Å². The number of pyridine rings is 1. The molecular weight excluding hydrogens is 258 g/mol. The van der Waals surface area contributed by atoms with E-state index in [0.29, 0.717) is 11.1 Å². The Balaban J connectivity index is 2.73. The first-order valence-corrected chi connectivity index (χ1v) is 6.04. The summed E-state index contributed by atoms with van der Waals surface area (Å²) in [6.07, 6.45) is 3.18. The number of nitrogens with zero attached hydrogens (tertiary/aromatic N) is 2. The van der Waals surface area contributed by atoms with Gasteiger partial charge in [0, 0.05) is 31.5 Å². The standard InChI is InChI=1S/C14H17N3O3/c1-17(7-5-13(18)20-2)14(19)12-8-11(4-3-6-15)9-16-10-12/h8-10H,5-7,15H2,1-2H3. The number of carbonyl (C=O) groups is 2. The van der Waals surface area contributed by atoms with E-state index in [1.807, 2.05) is 0 Å². The second kappa shape index (κ2) is 7.92. The Bertz CT molecular complexity index is 546. The highest BCUT2D eigenvalue weighted by molar-refractivity contribution is 5.94. The van der Waals surface area contributed by atoms with Gasteiger partial charge in [0.15, 0.2) is 0 Å². The summed E-state index contributed by atoms with van der Waals surface area (Å²) in [7, 11) is 2.93. The van der Waals surface area contributed by atoms with Crippen LogP contribution < -0.4 is 5.73 Å². The lowest BCUT2D eigenvalue weighted by atomic mass is 10.2. The molecule has 0 aliphatic rings. The Hall–Kier alpha value is -2.39. The van der Waals surface area contributed by atoms with Gasteiger partial charge in [-0.2, -0.15) is 0 Å². The van der Waals surface area contributed by atoms with E-state index in [0.717, 1.165) is 0 Å². The van der Waals surface area contributed by atoms with Gasteiger partial charge < -0.3 is 15.4 Å². The van der Waals surface area contributed by atoms with E-state index in [4.69, 9.17) is 5.73 Å². The number of rotatable bonds is 4. The molecule has 2 N–H and O–H groups in total. The summed E-state index contributed by atoms with van der Waals surface area (Å²) in [5.41, 5.74) is 6.34. The fourth-order valence-electron chi connectivity index (χ4n) is 1.46. The summed E-state index contributed by atoms with van der Waals surface area (Å²) in [5.74, 6) is 4.93. The number of carbonyl (C=O) groups excluding carboxylic acids is 2. The molecule has 0 saturated carbocycles. The van der Waals surface area contributed by atoms with Crippen LogP contribution in [0.25, 0.3) is 0 Å². The van der Waals surface area contributed by atoms with Gasteiger partial charge in [0.2, 0.25) is 0 Å². The van der Waals surface area contributed by atoms with Crippen molar-refractivity contribution in [3.63, 3.8) is 0 Å². The molecule has 1 rings (SSSR count). The molecule has 0 radical (unpaired) electrons. The minimum absolute atomic E-state index is 0.152. The maximum atomic E-state index is 12.1. The number of ether oxygens (including phenoxy) is 1. The zero-order valence-electron chi connectivity index (χ0n) is 11.5. The molecular formula is C14H17N3O3. The van der Waals surface area contributed by atoms with Gasteiger partial charge in [-0.05, 0) is 6.07 Å². The number of amides is 1. The largest absolute Gasteiger partial charge is 0.469 e. The van der Waals surface area contributed by atoms with Crippen LogP contribution in [0.5, 0.6) is 0 Å². The van der Waals surface area contributed by atoms with E-state index in [1.54, 1.807) is 19.3 Å². The minimum Gasteiger partial charge on any atom is -0.469 e. The number of esters is 1. The zero-order chi connectivity index (χ0) is 15.0. The Morgan fingerprint density at radius 3 is 2.85 bits per heavy atom. The van der Waals surface area contributed by atoms with Crippen molar-refractivity contribution in [1.29, 1.82) is 0 Å². The van der Waals surface area contributed by atoms with E-state index in [2.05, 4.69) is 21.6 Å². The first kappa shape index (κ1) is 15.7. The Morgan fingerprint density at radius 1 is 1.45 bits per heavy atom. The average molecular weight is 275 g/mol. The highest BCUT2D eigenvalue weighted by Gasteiger charge is 2.13. The van der Waals surface area contributed by atoms with Crippen molar-refractivity contribution in [1.82, 2.24) is 9.88 Å². The van der Waals surface area contributed by atoms with Gasteiger partial charge in [0.25, 0.3) is 5.91 Å². The van der Waals surface area contributed by atoms with E-state index in [-0.39, 0.29) is 31.4 Å². The number of methoxy groups -OCH3 is 1. The van der Waals surface area contributed by atoms with Gasteiger partial charge in [0.1, 0.15) is 0 Å². The van der Waals surface area contributed by atoms with E-state index >= 15 is 0 Å². The van der Waals surface area contributed by atoms with Crippen LogP contribution in [0.3, 0.4) is 0 Å². The number of nitrogens with two attached hydrogens (primary N) is 1. The second-order valence-electron chi connectivity index (χ2n) is 4.02. The van der Waals surface area contributed by atoms with Crippen LogP contribution in [0.1, 0.15) is 22.3 Å². The molecule has 1 aromatic rings. The van der Waals surface area contributed by atoms with E-state index < -0.39 is 0 Å². The van der Waals surface area contributed by atoms with Crippen LogP contribution in [0.2, 0.25) is 0 Å². The highest BCUT2D eigenvalue weighted by atomic mass is 16.5. The molecule has 20 heavy (non-hydrogen) atoms. The number of hydrogen-bond acceptors (Lipinski definition) is 5. The molecule has 0 fully saturated rings. The summed E-state index contributed by atoms with van der Waals surface area (Å²) in [4.78, 5) is 28.6. The molecule has 0 saturated heterocycles. The smallest absolute Gasteiger partial charge is 0.307 e. The molecule has 1 amide bonds. The molecule has 1 heterocycles. The second-order valence-corrected chi connectivity index (χ2v) is 4.02. The molecule has 0 unspecified atom stereocenters. The lowest BCUT2D eigenvalue weighted by Crippen LogP contribution is -2.29. The van der Waals surface area contributed by atoms with Crippen molar-refractivity contribution in [2.75, 3.05) is 27.2 Å². The lowest BCUT2D eigenvalue weighted by molar-refractivity contribution is -0.140. The van der Waals surface area contributed by atoms with Gasteiger partial charge in [0.05, 0.1) is 25.6 Å². The Morgan fingerprint density at radius 2 is 2.20 bits per heavy atom. The van der Waals surface area contributed by atoms with Crippen LogP contribution >= 0.6 is 0 Å². The molecule has 6 nitrogen and oxygen atoms in total. The summed E-state index contributed by atoms with van der Waals surface area (Å²) in [6, 6.07) is 1.65. The van der Waals surface area contributed by atoms with Gasteiger partial charge in [-0.3, -0.25) is 14.6 Å². The Labute approximate surface area is 117 Å². The Kier molecular flexibility index (Phi) is 6.20. The van der Waals surface area contributed by atoms with E-state index in [1.165, 1.54) is 18.2 Å². The van der Waals surface area contributed by atoms with Crippen molar-refractivity contribution in [3.05, 3.63) is 29.6 Å². The third kappa shape index (κ3) is 4.71. The van der Waals surface area contributed by atoms with Gasteiger partial charge in [-0.25, -0.2) is 0 Å². The monoisotopic (exact) mass is 275 g/mol. The quantitative estimate of drug-likeness (QED) is 0.619. The average Bonchev–Trinajstić information content (AvgIpc) is 2.49. The molecule has 0 aliphatic carbocycles. The lowest BCUT2D eigenvalue weighted by Gasteiger charge is -2.16. The normalized spacial score (nSPS) is 9.35. The summed E-state index contributed by atoms with van der Waals surface area (Å²) in [6.45, 7) is 0.529. The van der Waals surface area contributed by atoms with Crippen molar-refractivity contribution in [3.8, 4) is 11.8 Å². The molecule has 106 valence electrons. The third-order valence-corrected chi connectivity index (χ3v) is 2.55. The van der Waals surface area contributed by atoms with E-state index in [9.17, 15) is 9.59 Å². The fourth-order valence-corrected chi connectivity index (χ4v) is 1.46. The summed E-state index contributed by atoms with van der Waals surface area (Å²) in [5, 5.41) is 0. The molecule has 1 aromatic heterocycles. The number of hydrogen-bond donors (Lipinski definition) is 1. The van der Waals surface area contributed by atoms with Crippen molar-refractivity contribution in [2.24, 2.45) is 5.73 Å². The minimum atomic E-state index is -0.356. The van der Waals surface area contributed by atoms with Crippen LogP contribution in [0, 0.1) is 11.8 Å². The first-order valence-electron chi connectivity index (χ1n) is 6.04. The van der Waals surface area contributed by atoms with Crippen molar-refractivity contribution in [2.45, 2.75) is 6.42 Å². The summed E-state index contributed by atoms with van der Waals surface area (Å²) < 4.78 is 4.53. The topological polar surface area (TPSA) is 85.5 Å². The van der Waals surface area contributed by atoms with Crippen LogP contribution in [0.4, 0.5) is 0 Å². The molecule has 0 bridgehead atoms. The molecule has 0 aromatic carbocycles. The van der Waals surface area contributed by atoms with Crippen molar-refractivity contribution >= 4 is 11.9 Å².